The molecule has 3 heteroatoms. The van der Waals surface area contributed by atoms with Crippen molar-refractivity contribution in [3.63, 3.8) is 0 Å². The molecule has 2 rings (SSSR count). The van der Waals surface area contributed by atoms with E-state index in [0.717, 1.165) is 5.75 Å². The fourth-order valence-corrected chi connectivity index (χ4v) is 2.93. The SMILES string of the molecule is CC(C)(C)[Si](C)(C)Oc1cccc(C(=O)c2ccccc2)c1. The number of ketones is 1. The number of hydrogen-bond donors (Lipinski definition) is 0. The summed E-state index contributed by atoms with van der Waals surface area (Å²) in [7, 11) is -1.89. The van der Waals surface area contributed by atoms with Gasteiger partial charge in [0.2, 0.25) is 8.32 Å². The van der Waals surface area contributed by atoms with Crippen LogP contribution in [0.5, 0.6) is 5.75 Å². The molecular formula is C19H24O2Si. The van der Waals surface area contributed by atoms with Crippen LogP contribution in [0.3, 0.4) is 0 Å². The summed E-state index contributed by atoms with van der Waals surface area (Å²) in [5.74, 6) is 0.814. The highest BCUT2D eigenvalue weighted by Gasteiger charge is 2.39. The second kappa shape index (κ2) is 6.09. The van der Waals surface area contributed by atoms with Crippen molar-refractivity contribution in [3.8, 4) is 5.75 Å². The molecule has 2 aromatic carbocycles. The van der Waals surface area contributed by atoms with E-state index in [4.69, 9.17) is 4.43 Å². The molecule has 0 aliphatic carbocycles. The summed E-state index contributed by atoms with van der Waals surface area (Å²) in [4.78, 5) is 12.5. The Bertz CT molecular complexity index is 655. The van der Waals surface area contributed by atoms with Gasteiger partial charge in [0.1, 0.15) is 5.75 Å². The quantitative estimate of drug-likeness (QED) is 0.565. The van der Waals surface area contributed by atoms with Crippen LogP contribution in [0.4, 0.5) is 0 Å². The molecule has 0 bridgehead atoms. The van der Waals surface area contributed by atoms with Gasteiger partial charge in [-0.05, 0) is 30.3 Å². The maximum absolute atomic E-state index is 12.5. The number of carbonyl (C=O) groups is 1. The van der Waals surface area contributed by atoms with Crippen LogP contribution in [-0.2, 0) is 0 Å². The fraction of sp³-hybridized carbons (Fsp3) is 0.316. The molecule has 0 amide bonds. The lowest BCUT2D eigenvalue weighted by atomic mass is 10.0. The van der Waals surface area contributed by atoms with Crippen LogP contribution in [0, 0.1) is 0 Å². The van der Waals surface area contributed by atoms with E-state index in [1.54, 1.807) is 0 Å². The Hall–Kier alpha value is -1.87. The average Bonchev–Trinajstić information content (AvgIpc) is 2.46. The summed E-state index contributed by atoms with van der Waals surface area (Å²) in [6.45, 7) is 11.0. The monoisotopic (exact) mass is 312 g/mol. The van der Waals surface area contributed by atoms with E-state index in [1.165, 1.54) is 0 Å². The van der Waals surface area contributed by atoms with Crippen molar-refractivity contribution < 1.29 is 9.22 Å². The van der Waals surface area contributed by atoms with Gasteiger partial charge >= 0.3 is 0 Å². The standard InChI is InChI=1S/C19H24O2Si/c1-19(2,3)22(4,5)21-17-13-9-12-16(14-17)18(20)15-10-7-6-8-11-15/h6-14H,1-5H3. The third-order valence-electron chi connectivity index (χ3n) is 4.31. The smallest absolute Gasteiger partial charge is 0.250 e. The minimum atomic E-state index is -1.89. The van der Waals surface area contributed by atoms with E-state index in [0.29, 0.717) is 11.1 Å². The first-order chi connectivity index (χ1) is 10.2. The lowest BCUT2D eigenvalue weighted by Gasteiger charge is -2.36. The van der Waals surface area contributed by atoms with Crippen molar-refractivity contribution >= 4 is 14.1 Å². The van der Waals surface area contributed by atoms with E-state index in [9.17, 15) is 4.79 Å². The molecule has 0 aliphatic rings. The van der Waals surface area contributed by atoms with Gasteiger partial charge in [0.15, 0.2) is 5.78 Å². The maximum Gasteiger partial charge on any atom is 0.250 e. The van der Waals surface area contributed by atoms with Gasteiger partial charge in [-0.15, -0.1) is 0 Å². The summed E-state index contributed by atoms with van der Waals surface area (Å²) in [6.07, 6.45) is 0. The zero-order chi connectivity index (χ0) is 16.4. The molecule has 0 saturated heterocycles. The van der Waals surface area contributed by atoms with Gasteiger partial charge in [0.05, 0.1) is 0 Å². The van der Waals surface area contributed by atoms with E-state index < -0.39 is 8.32 Å². The van der Waals surface area contributed by atoms with E-state index >= 15 is 0 Å². The van der Waals surface area contributed by atoms with Crippen molar-refractivity contribution in [3.05, 3.63) is 65.7 Å². The molecule has 0 saturated carbocycles. The maximum atomic E-state index is 12.5. The van der Waals surface area contributed by atoms with Gasteiger partial charge in [-0.1, -0.05) is 63.2 Å². The molecule has 2 aromatic rings. The minimum Gasteiger partial charge on any atom is -0.543 e. The van der Waals surface area contributed by atoms with Crippen molar-refractivity contribution in [2.24, 2.45) is 0 Å². The number of rotatable bonds is 4. The molecule has 2 nitrogen and oxygen atoms in total. The van der Waals surface area contributed by atoms with Crippen LogP contribution in [0.15, 0.2) is 54.6 Å². The highest BCUT2D eigenvalue weighted by molar-refractivity contribution is 6.74. The summed E-state index contributed by atoms with van der Waals surface area (Å²) in [6, 6.07) is 16.9. The Morgan fingerprint density at radius 2 is 1.50 bits per heavy atom. The molecular weight excluding hydrogens is 288 g/mol. The first-order valence-electron chi connectivity index (χ1n) is 7.59. The summed E-state index contributed by atoms with van der Waals surface area (Å²) >= 11 is 0. The molecule has 0 fully saturated rings. The number of benzene rings is 2. The van der Waals surface area contributed by atoms with Crippen molar-refractivity contribution in [1.29, 1.82) is 0 Å². The second-order valence-electron chi connectivity index (χ2n) is 7.09. The van der Waals surface area contributed by atoms with Gasteiger partial charge in [-0.25, -0.2) is 0 Å². The van der Waals surface area contributed by atoms with Crippen LogP contribution < -0.4 is 4.43 Å². The molecule has 0 heterocycles. The Balaban J connectivity index is 2.26. The Labute approximate surface area is 134 Å². The lowest BCUT2D eigenvalue weighted by molar-refractivity contribution is 0.103. The number of carbonyl (C=O) groups excluding carboxylic acids is 1. The number of hydrogen-bond acceptors (Lipinski definition) is 2. The van der Waals surface area contributed by atoms with Gasteiger partial charge in [0.25, 0.3) is 0 Å². The molecule has 0 aromatic heterocycles. The highest BCUT2D eigenvalue weighted by atomic mass is 28.4. The molecule has 0 unspecified atom stereocenters. The molecule has 116 valence electrons. The summed E-state index contributed by atoms with van der Waals surface area (Å²) in [5, 5.41) is 0.131. The first kappa shape index (κ1) is 16.5. The molecule has 0 N–H and O–H groups in total. The van der Waals surface area contributed by atoms with Gasteiger partial charge in [0, 0.05) is 11.1 Å². The Morgan fingerprint density at radius 1 is 0.909 bits per heavy atom. The Kier molecular flexibility index (Phi) is 4.57. The van der Waals surface area contributed by atoms with E-state index in [2.05, 4.69) is 33.9 Å². The minimum absolute atomic E-state index is 0.0290. The third-order valence-corrected chi connectivity index (χ3v) is 8.67. The van der Waals surface area contributed by atoms with Crippen LogP contribution in [0.25, 0.3) is 0 Å². The molecule has 22 heavy (non-hydrogen) atoms. The summed E-state index contributed by atoms with van der Waals surface area (Å²) in [5.41, 5.74) is 1.37. The Morgan fingerprint density at radius 3 is 2.09 bits per heavy atom. The normalized spacial score (nSPS) is 12.0. The van der Waals surface area contributed by atoms with Crippen molar-refractivity contribution in [2.45, 2.75) is 38.9 Å². The third kappa shape index (κ3) is 3.66. The van der Waals surface area contributed by atoms with Crippen LogP contribution in [-0.4, -0.2) is 14.1 Å². The molecule has 0 spiro atoms. The molecule has 0 atom stereocenters. The fourth-order valence-electron chi connectivity index (χ4n) is 1.90. The highest BCUT2D eigenvalue weighted by Crippen LogP contribution is 2.37. The van der Waals surface area contributed by atoms with Crippen molar-refractivity contribution in [2.75, 3.05) is 0 Å². The van der Waals surface area contributed by atoms with Crippen LogP contribution >= 0.6 is 0 Å². The van der Waals surface area contributed by atoms with Gasteiger partial charge < -0.3 is 4.43 Å². The van der Waals surface area contributed by atoms with Crippen LogP contribution in [0.1, 0.15) is 36.7 Å². The zero-order valence-corrected chi connectivity index (χ0v) is 15.0. The van der Waals surface area contributed by atoms with Crippen LogP contribution in [0.2, 0.25) is 18.1 Å². The average molecular weight is 312 g/mol. The van der Waals surface area contributed by atoms with E-state index in [1.807, 2.05) is 54.6 Å². The first-order valence-corrected chi connectivity index (χ1v) is 10.5. The zero-order valence-electron chi connectivity index (χ0n) is 14.0. The molecule has 0 radical (unpaired) electrons. The predicted molar refractivity (Wildman–Crippen MR) is 94.1 cm³/mol. The second-order valence-corrected chi connectivity index (χ2v) is 11.8. The predicted octanol–water partition coefficient (Wildman–Crippen LogP) is 5.30. The lowest BCUT2D eigenvalue weighted by Crippen LogP contribution is -2.43. The van der Waals surface area contributed by atoms with Gasteiger partial charge in [-0.2, -0.15) is 0 Å². The van der Waals surface area contributed by atoms with Gasteiger partial charge in [-0.3, -0.25) is 4.79 Å². The topological polar surface area (TPSA) is 26.3 Å². The summed E-state index contributed by atoms with van der Waals surface area (Å²) < 4.78 is 6.28. The van der Waals surface area contributed by atoms with E-state index in [-0.39, 0.29) is 10.8 Å². The van der Waals surface area contributed by atoms with Crippen molar-refractivity contribution in [1.82, 2.24) is 0 Å². The molecule has 0 aliphatic heterocycles. The largest absolute Gasteiger partial charge is 0.543 e.